The van der Waals surface area contributed by atoms with Gasteiger partial charge in [0.25, 0.3) is 0 Å². The molecule has 0 fully saturated rings. The molecule has 0 radical (unpaired) electrons. The van der Waals surface area contributed by atoms with E-state index in [4.69, 9.17) is 0 Å². The van der Waals surface area contributed by atoms with E-state index in [1.54, 1.807) is 39.8 Å². The Hall–Kier alpha value is -2.70. The number of aryl methyl sites for hydroxylation is 1. The summed E-state index contributed by atoms with van der Waals surface area (Å²) in [4.78, 5) is 35.1. The van der Waals surface area contributed by atoms with E-state index < -0.39 is 17.4 Å². The van der Waals surface area contributed by atoms with Crippen LogP contribution in [0.15, 0.2) is 29.4 Å². The first-order valence-corrected chi connectivity index (χ1v) is 7.59. The molecule has 0 saturated carbocycles. The van der Waals surface area contributed by atoms with Crippen LogP contribution < -0.4 is 16.1 Å². The summed E-state index contributed by atoms with van der Waals surface area (Å²) in [6, 6.07) is 7.39. The molecule has 7 heteroatoms. The van der Waals surface area contributed by atoms with E-state index in [0.717, 1.165) is 5.56 Å². The van der Waals surface area contributed by atoms with Gasteiger partial charge in [-0.1, -0.05) is 17.7 Å². The molecule has 1 rings (SSSR count). The van der Waals surface area contributed by atoms with Gasteiger partial charge >= 0.3 is 11.8 Å². The molecule has 0 aliphatic heterocycles. The summed E-state index contributed by atoms with van der Waals surface area (Å²) in [7, 11) is 0. The van der Waals surface area contributed by atoms with E-state index in [-0.39, 0.29) is 12.3 Å². The van der Waals surface area contributed by atoms with Gasteiger partial charge in [-0.05, 0) is 46.8 Å². The molecule has 3 amide bonds. The number of amides is 3. The number of hydrogen-bond donors (Lipinski definition) is 3. The predicted molar refractivity (Wildman–Crippen MR) is 93.6 cm³/mol. The van der Waals surface area contributed by atoms with Gasteiger partial charge in [-0.3, -0.25) is 14.4 Å². The van der Waals surface area contributed by atoms with E-state index in [9.17, 15) is 14.4 Å². The Morgan fingerprint density at radius 1 is 1.04 bits per heavy atom. The Balaban J connectivity index is 2.48. The second kappa shape index (κ2) is 8.24. The van der Waals surface area contributed by atoms with Gasteiger partial charge in [-0.2, -0.15) is 5.10 Å². The van der Waals surface area contributed by atoms with Crippen LogP contribution in [-0.4, -0.2) is 29.0 Å². The van der Waals surface area contributed by atoms with Crippen LogP contribution in [0.25, 0.3) is 0 Å². The van der Waals surface area contributed by atoms with Crippen molar-refractivity contribution >= 4 is 29.1 Å². The highest BCUT2D eigenvalue weighted by molar-refractivity contribution is 6.35. The number of anilines is 1. The van der Waals surface area contributed by atoms with Crippen LogP contribution >= 0.6 is 0 Å². The summed E-state index contributed by atoms with van der Waals surface area (Å²) in [5.74, 6) is -1.90. The van der Waals surface area contributed by atoms with Gasteiger partial charge in [-0.25, -0.2) is 5.43 Å². The van der Waals surface area contributed by atoms with Gasteiger partial charge in [-0.15, -0.1) is 0 Å². The van der Waals surface area contributed by atoms with Crippen molar-refractivity contribution in [2.24, 2.45) is 5.10 Å². The average Bonchev–Trinajstić information content (AvgIpc) is 2.45. The number of hydrogen-bond acceptors (Lipinski definition) is 4. The van der Waals surface area contributed by atoms with Crippen molar-refractivity contribution in [1.82, 2.24) is 10.7 Å². The number of benzene rings is 1. The molecular formula is C17H24N4O3. The quantitative estimate of drug-likeness (QED) is 0.445. The fourth-order valence-electron chi connectivity index (χ4n) is 1.71. The van der Waals surface area contributed by atoms with Crippen molar-refractivity contribution in [3.8, 4) is 0 Å². The van der Waals surface area contributed by atoms with Crippen molar-refractivity contribution < 1.29 is 14.4 Å². The van der Waals surface area contributed by atoms with E-state index in [2.05, 4.69) is 21.2 Å². The van der Waals surface area contributed by atoms with Crippen LogP contribution in [0.3, 0.4) is 0 Å². The maximum Gasteiger partial charge on any atom is 0.329 e. The van der Waals surface area contributed by atoms with E-state index in [1.807, 2.05) is 19.1 Å². The first kappa shape index (κ1) is 19.3. The molecule has 0 atom stereocenters. The highest BCUT2D eigenvalue weighted by atomic mass is 16.2. The fraction of sp³-hybridized carbons (Fsp3) is 0.412. The van der Waals surface area contributed by atoms with Crippen molar-refractivity contribution in [2.45, 2.75) is 46.6 Å². The highest BCUT2D eigenvalue weighted by Gasteiger charge is 2.19. The van der Waals surface area contributed by atoms with Crippen molar-refractivity contribution in [3.05, 3.63) is 29.8 Å². The summed E-state index contributed by atoms with van der Waals surface area (Å²) in [5.41, 5.74) is 3.80. The lowest BCUT2D eigenvalue weighted by Crippen LogP contribution is -2.47. The second-order valence-electron chi connectivity index (χ2n) is 6.58. The SMILES string of the molecule is C/C(CC(=O)Nc1ccc(C)cc1)=N\NC(=O)C(=O)NC(C)(C)C. The molecule has 0 aliphatic carbocycles. The summed E-state index contributed by atoms with van der Waals surface area (Å²) in [5, 5.41) is 9.02. The molecule has 130 valence electrons. The van der Waals surface area contributed by atoms with Crippen LogP contribution in [0.2, 0.25) is 0 Å². The minimum Gasteiger partial charge on any atom is -0.343 e. The third-order valence-electron chi connectivity index (χ3n) is 2.79. The molecule has 1 aromatic rings. The van der Waals surface area contributed by atoms with Crippen LogP contribution in [0.5, 0.6) is 0 Å². The molecule has 0 aromatic heterocycles. The molecule has 0 heterocycles. The van der Waals surface area contributed by atoms with Crippen molar-refractivity contribution in [2.75, 3.05) is 5.32 Å². The number of nitrogens with one attached hydrogen (secondary N) is 3. The number of hydrazone groups is 1. The van der Waals surface area contributed by atoms with Crippen LogP contribution in [-0.2, 0) is 14.4 Å². The van der Waals surface area contributed by atoms with E-state index in [0.29, 0.717) is 11.4 Å². The first-order valence-electron chi connectivity index (χ1n) is 7.59. The van der Waals surface area contributed by atoms with Crippen molar-refractivity contribution in [1.29, 1.82) is 0 Å². The van der Waals surface area contributed by atoms with Crippen LogP contribution in [0.4, 0.5) is 5.69 Å². The fourth-order valence-corrected chi connectivity index (χ4v) is 1.71. The smallest absolute Gasteiger partial charge is 0.329 e. The summed E-state index contributed by atoms with van der Waals surface area (Å²) in [6.07, 6.45) is 0.00897. The van der Waals surface area contributed by atoms with Gasteiger partial charge in [0, 0.05) is 16.9 Å². The normalized spacial score (nSPS) is 11.6. The highest BCUT2D eigenvalue weighted by Crippen LogP contribution is 2.08. The van der Waals surface area contributed by atoms with Gasteiger partial charge in [0.2, 0.25) is 5.91 Å². The Morgan fingerprint density at radius 3 is 2.17 bits per heavy atom. The Labute approximate surface area is 141 Å². The molecule has 3 N–H and O–H groups in total. The third-order valence-corrected chi connectivity index (χ3v) is 2.79. The lowest BCUT2D eigenvalue weighted by molar-refractivity contribution is -0.140. The molecule has 24 heavy (non-hydrogen) atoms. The third kappa shape index (κ3) is 7.53. The van der Waals surface area contributed by atoms with Gasteiger partial charge < -0.3 is 10.6 Å². The zero-order chi connectivity index (χ0) is 18.3. The second-order valence-corrected chi connectivity index (χ2v) is 6.58. The molecule has 0 saturated heterocycles. The van der Waals surface area contributed by atoms with Crippen LogP contribution in [0, 0.1) is 6.92 Å². The van der Waals surface area contributed by atoms with Gasteiger partial charge in [0.05, 0.1) is 6.42 Å². The summed E-state index contributed by atoms with van der Waals surface area (Å²) >= 11 is 0. The zero-order valence-corrected chi connectivity index (χ0v) is 14.7. The number of carbonyl (C=O) groups is 3. The summed E-state index contributed by atoms with van der Waals surface area (Å²) in [6.45, 7) is 8.85. The Morgan fingerprint density at radius 2 is 1.62 bits per heavy atom. The van der Waals surface area contributed by atoms with Crippen molar-refractivity contribution in [3.63, 3.8) is 0 Å². The largest absolute Gasteiger partial charge is 0.343 e. The minimum atomic E-state index is -0.872. The Bertz CT molecular complexity index is 643. The molecule has 0 spiro atoms. The molecule has 1 aromatic carbocycles. The van der Waals surface area contributed by atoms with Gasteiger partial charge in [0.1, 0.15) is 0 Å². The monoisotopic (exact) mass is 332 g/mol. The predicted octanol–water partition coefficient (Wildman–Crippen LogP) is 1.73. The molecule has 0 aliphatic rings. The molecular weight excluding hydrogens is 308 g/mol. The topological polar surface area (TPSA) is 99.7 Å². The van der Waals surface area contributed by atoms with Crippen LogP contribution in [0.1, 0.15) is 39.7 Å². The maximum atomic E-state index is 11.9. The number of carbonyl (C=O) groups excluding carboxylic acids is 3. The standard InChI is InChI=1S/C17H24N4O3/c1-11-6-8-13(9-7-11)18-14(22)10-12(2)20-21-16(24)15(23)19-17(3,4)5/h6-9H,10H2,1-5H3,(H,18,22)(H,19,23)(H,21,24)/b20-12+. The molecule has 7 nitrogen and oxygen atoms in total. The first-order chi connectivity index (χ1) is 11.1. The molecule has 0 bridgehead atoms. The lowest BCUT2D eigenvalue weighted by atomic mass is 10.1. The zero-order valence-electron chi connectivity index (χ0n) is 14.7. The van der Waals surface area contributed by atoms with E-state index in [1.165, 1.54) is 0 Å². The minimum absolute atomic E-state index is 0.00897. The maximum absolute atomic E-state index is 11.9. The molecule has 0 unspecified atom stereocenters. The van der Waals surface area contributed by atoms with E-state index >= 15 is 0 Å². The number of rotatable bonds is 4. The Kier molecular flexibility index (Phi) is 6.64. The summed E-state index contributed by atoms with van der Waals surface area (Å²) < 4.78 is 0. The average molecular weight is 332 g/mol. The lowest BCUT2D eigenvalue weighted by Gasteiger charge is -2.19. The van der Waals surface area contributed by atoms with Gasteiger partial charge in [0.15, 0.2) is 0 Å². The number of nitrogens with zero attached hydrogens (tertiary/aromatic N) is 1.